The van der Waals surface area contributed by atoms with Crippen molar-refractivity contribution in [1.29, 1.82) is 0 Å². The van der Waals surface area contributed by atoms with Crippen molar-refractivity contribution in [2.75, 3.05) is 13.1 Å². The van der Waals surface area contributed by atoms with E-state index in [1.807, 2.05) is 0 Å². The number of nitro benzene ring substituents is 1. The van der Waals surface area contributed by atoms with Crippen LogP contribution in [0.2, 0.25) is 0 Å². The number of hydrogen-bond acceptors (Lipinski definition) is 5. The van der Waals surface area contributed by atoms with Crippen LogP contribution in [0.5, 0.6) is 0 Å². The summed E-state index contributed by atoms with van der Waals surface area (Å²) in [4.78, 5) is 37.2. The highest BCUT2D eigenvalue weighted by Crippen LogP contribution is 2.23. The molecule has 1 aliphatic rings. The summed E-state index contributed by atoms with van der Waals surface area (Å²) in [5.74, 6) is -0.558. The molecule has 2 aromatic rings. The van der Waals surface area contributed by atoms with E-state index in [4.69, 9.17) is 4.42 Å². The summed E-state index contributed by atoms with van der Waals surface area (Å²) in [6.07, 6.45) is 4.05. The third-order valence-electron chi connectivity index (χ3n) is 4.55. The molecule has 0 aliphatic carbocycles. The number of para-hydroxylation sites is 1. The minimum absolute atomic E-state index is 0.0619. The number of aryl methyl sites for hydroxylation is 1. The van der Waals surface area contributed by atoms with E-state index < -0.39 is 10.8 Å². The monoisotopic (exact) mass is 357 g/mol. The summed E-state index contributed by atoms with van der Waals surface area (Å²) in [5, 5.41) is 14.1. The fourth-order valence-corrected chi connectivity index (χ4v) is 3.14. The number of nitrogens with zero attached hydrogens (tertiary/aromatic N) is 2. The average Bonchev–Trinajstić information content (AvgIpc) is 3.16. The number of nitro groups is 1. The molecular formula is C18H19N3O5. The van der Waals surface area contributed by atoms with Gasteiger partial charge in [0.05, 0.1) is 16.7 Å². The molecule has 0 saturated carbocycles. The molecule has 2 amide bonds. The molecule has 2 heterocycles. The Morgan fingerprint density at radius 2 is 2.00 bits per heavy atom. The number of carbonyl (C=O) groups excluding carboxylic acids is 2. The first-order chi connectivity index (χ1) is 12.5. The Morgan fingerprint density at radius 1 is 1.27 bits per heavy atom. The van der Waals surface area contributed by atoms with Crippen molar-refractivity contribution in [3.05, 3.63) is 63.6 Å². The molecular weight excluding hydrogens is 338 g/mol. The van der Waals surface area contributed by atoms with E-state index in [9.17, 15) is 19.7 Å². The van der Waals surface area contributed by atoms with Crippen molar-refractivity contribution in [2.45, 2.75) is 25.8 Å². The van der Waals surface area contributed by atoms with E-state index in [1.165, 1.54) is 18.6 Å². The maximum atomic E-state index is 12.5. The molecule has 8 heteroatoms. The smallest absolute Gasteiger partial charge is 0.285 e. The van der Waals surface area contributed by atoms with Gasteiger partial charge in [0, 0.05) is 24.7 Å². The van der Waals surface area contributed by atoms with Gasteiger partial charge in [-0.25, -0.2) is 0 Å². The zero-order valence-electron chi connectivity index (χ0n) is 14.3. The zero-order valence-corrected chi connectivity index (χ0v) is 14.3. The molecule has 8 nitrogen and oxygen atoms in total. The maximum Gasteiger partial charge on any atom is 0.285 e. The second-order valence-electron chi connectivity index (χ2n) is 6.28. The Bertz CT molecular complexity index is 823. The molecule has 1 aromatic heterocycles. The number of furan rings is 1. The summed E-state index contributed by atoms with van der Waals surface area (Å²) < 4.78 is 4.93. The number of nitrogens with one attached hydrogen (secondary N) is 1. The quantitative estimate of drug-likeness (QED) is 0.668. The number of rotatable bonds is 4. The highest BCUT2D eigenvalue weighted by atomic mass is 16.6. The highest BCUT2D eigenvalue weighted by Gasteiger charge is 2.28. The number of hydrogen-bond donors (Lipinski definition) is 1. The van der Waals surface area contributed by atoms with Gasteiger partial charge in [0.2, 0.25) is 0 Å². The van der Waals surface area contributed by atoms with Crippen LogP contribution in [0.3, 0.4) is 0 Å². The van der Waals surface area contributed by atoms with E-state index in [-0.39, 0.29) is 23.2 Å². The van der Waals surface area contributed by atoms with Crippen LogP contribution >= 0.6 is 0 Å². The summed E-state index contributed by atoms with van der Waals surface area (Å²) in [7, 11) is 0. The molecule has 0 atom stereocenters. The van der Waals surface area contributed by atoms with Gasteiger partial charge in [0.1, 0.15) is 11.8 Å². The Kier molecular flexibility index (Phi) is 5.01. The van der Waals surface area contributed by atoms with E-state index in [0.717, 1.165) is 0 Å². The van der Waals surface area contributed by atoms with Gasteiger partial charge in [-0.2, -0.15) is 0 Å². The second-order valence-corrected chi connectivity index (χ2v) is 6.28. The Morgan fingerprint density at radius 3 is 2.62 bits per heavy atom. The fourth-order valence-electron chi connectivity index (χ4n) is 3.14. The fraction of sp³-hybridized carbons (Fsp3) is 0.333. The largest absolute Gasteiger partial charge is 0.472 e. The molecule has 3 rings (SSSR count). The number of amides is 2. The van der Waals surface area contributed by atoms with E-state index >= 15 is 0 Å². The van der Waals surface area contributed by atoms with Crippen LogP contribution < -0.4 is 5.32 Å². The third-order valence-corrected chi connectivity index (χ3v) is 4.55. The minimum Gasteiger partial charge on any atom is -0.472 e. The molecule has 1 aromatic carbocycles. The van der Waals surface area contributed by atoms with E-state index in [1.54, 1.807) is 30.0 Å². The molecule has 136 valence electrons. The normalized spacial score (nSPS) is 14.9. The van der Waals surface area contributed by atoms with Crippen molar-refractivity contribution in [3.8, 4) is 0 Å². The van der Waals surface area contributed by atoms with Gasteiger partial charge in [-0.05, 0) is 31.9 Å². The van der Waals surface area contributed by atoms with Gasteiger partial charge in [0.15, 0.2) is 0 Å². The molecule has 26 heavy (non-hydrogen) atoms. The van der Waals surface area contributed by atoms with Crippen molar-refractivity contribution in [2.24, 2.45) is 0 Å². The molecule has 0 bridgehead atoms. The lowest BCUT2D eigenvalue weighted by Crippen LogP contribution is -2.46. The lowest BCUT2D eigenvalue weighted by atomic mass is 10.0. The van der Waals surface area contributed by atoms with Crippen LogP contribution in [0, 0.1) is 17.0 Å². The first-order valence-corrected chi connectivity index (χ1v) is 8.33. The molecule has 1 saturated heterocycles. The lowest BCUT2D eigenvalue weighted by Gasteiger charge is -2.32. The van der Waals surface area contributed by atoms with Crippen LogP contribution in [0.25, 0.3) is 0 Å². The molecule has 1 fully saturated rings. The predicted octanol–water partition coefficient (Wildman–Crippen LogP) is 2.53. The molecule has 0 spiro atoms. The maximum absolute atomic E-state index is 12.5. The van der Waals surface area contributed by atoms with Crippen molar-refractivity contribution >= 4 is 17.5 Å². The van der Waals surface area contributed by atoms with Gasteiger partial charge >= 0.3 is 0 Å². The second kappa shape index (κ2) is 7.38. The van der Waals surface area contributed by atoms with E-state index in [0.29, 0.717) is 37.1 Å². The SMILES string of the molecule is Cc1cccc(C(=O)NC2CCN(C(=O)c3ccoc3)CC2)c1[N+](=O)[O-]. The number of likely N-dealkylation sites (tertiary alicyclic amines) is 1. The van der Waals surface area contributed by atoms with Gasteiger partial charge in [0.25, 0.3) is 17.5 Å². The first-order valence-electron chi connectivity index (χ1n) is 8.33. The third kappa shape index (κ3) is 3.58. The lowest BCUT2D eigenvalue weighted by molar-refractivity contribution is -0.385. The zero-order chi connectivity index (χ0) is 18.7. The van der Waals surface area contributed by atoms with E-state index in [2.05, 4.69) is 5.32 Å². The van der Waals surface area contributed by atoms with Crippen LogP contribution in [0.1, 0.15) is 39.1 Å². The van der Waals surface area contributed by atoms with Crippen LogP contribution in [-0.2, 0) is 0 Å². The highest BCUT2D eigenvalue weighted by molar-refractivity contribution is 5.99. The predicted molar refractivity (Wildman–Crippen MR) is 92.9 cm³/mol. The Hall–Kier alpha value is -3.16. The molecule has 1 N–H and O–H groups in total. The topological polar surface area (TPSA) is 106 Å². The van der Waals surface area contributed by atoms with Gasteiger partial charge < -0.3 is 14.6 Å². The summed E-state index contributed by atoms with van der Waals surface area (Å²) >= 11 is 0. The standard InChI is InChI=1S/C18H19N3O5/c1-12-3-2-4-15(16(12)21(24)25)17(22)19-14-5-8-20(9-6-14)18(23)13-7-10-26-11-13/h2-4,7,10-11,14H,5-6,8-9H2,1H3,(H,19,22). The van der Waals surface area contributed by atoms with Crippen LogP contribution in [0.4, 0.5) is 5.69 Å². The van der Waals surface area contributed by atoms with Crippen LogP contribution in [-0.4, -0.2) is 40.8 Å². The van der Waals surface area contributed by atoms with Crippen molar-refractivity contribution in [3.63, 3.8) is 0 Å². The van der Waals surface area contributed by atoms with Crippen LogP contribution in [0.15, 0.2) is 41.2 Å². The number of benzene rings is 1. The molecule has 0 radical (unpaired) electrons. The van der Waals surface area contributed by atoms with Gasteiger partial charge in [-0.3, -0.25) is 19.7 Å². The summed E-state index contributed by atoms with van der Waals surface area (Å²) in [6.45, 7) is 2.62. The molecule has 0 unspecified atom stereocenters. The summed E-state index contributed by atoms with van der Waals surface area (Å²) in [5.41, 5.74) is 0.843. The average molecular weight is 357 g/mol. The van der Waals surface area contributed by atoms with Crippen molar-refractivity contribution in [1.82, 2.24) is 10.2 Å². The number of piperidine rings is 1. The van der Waals surface area contributed by atoms with Gasteiger partial charge in [-0.1, -0.05) is 12.1 Å². The minimum atomic E-state index is -0.531. The van der Waals surface area contributed by atoms with Gasteiger partial charge in [-0.15, -0.1) is 0 Å². The first kappa shape index (κ1) is 17.7. The van der Waals surface area contributed by atoms with Crippen molar-refractivity contribution < 1.29 is 18.9 Å². The summed E-state index contributed by atoms with van der Waals surface area (Å²) in [6, 6.07) is 6.18. The number of carbonyl (C=O) groups is 2. The Labute approximate surface area is 149 Å². The Balaban J connectivity index is 1.62. The molecule has 1 aliphatic heterocycles.